The molecule has 1 aliphatic heterocycles. The number of halogens is 1. The van der Waals surface area contributed by atoms with Gasteiger partial charge in [0.1, 0.15) is 5.75 Å². The molecule has 8 heteroatoms. The highest BCUT2D eigenvalue weighted by molar-refractivity contribution is 6.30. The van der Waals surface area contributed by atoms with E-state index in [1.807, 2.05) is 0 Å². The number of aromatic nitrogens is 1. The summed E-state index contributed by atoms with van der Waals surface area (Å²) in [5.74, 6) is 0.328. The Balaban J connectivity index is 1.51. The topological polar surface area (TPSA) is 93.5 Å². The molecule has 0 saturated heterocycles. The lowest BCUT2D eigenvalue weighted by Crippen LogP contribution is -2.34. The third-order valence-corrected chi connectivity index (χ3v) is 4.29. The molecule has 1 aliphatic rings. The van der Waals surface area contributed by atoms with Gasteiger partial charge in [0.05, 0.1) is 5.69 Å². The molecule has 1 atom stereocenters. The van der Waals surface area contributed by atoms with Crippen molar-refractivity contribution < 1.29 is 18.8 Å². The van der Waals surface area contributed by atoms with Crippen LogP contribution in [0, 0.1) is 0 Å². The van der Waals surface area contributed by atoms with Gasteiger partial charge in [-0.1, -0.05) is 16.8 Å². The monoisotopic (exact) mass is 383 g/mol. The Morgan fingerprint density at radius 1 is 1.19 bits per heavy atom. The van der Waals surface area contributed by atoms with Gasteiger partial charge in [-0.3, -0.25) is 9.59 Å². The van der Waals surface area contributed by atoms with Crippen molar-refractivity contribution in [3.05, 3.63) is 59.2 Å². The lowest BCUT2D eigenvalue weighted by Gasteiger charge is -2.23. The Morgan fingerprint density at radius 2 is 1.96 bits per heavy atom. The minimum absolute atomic E-state index is 0.131. The Bertz CT molecular complexity index is 1030. The van der Waals surface area contributed by atoms with Crippen molar-refractivity contribution in [3.8, 4) is 17.1 Å². The molecule has 0 unspecified atom stereocenters. The lowest BCUT2D eigenvalue weighted by molar-refractivity contribution is -0.122. The molecule has 2 N–H and O–H groups in total. The van der Waals surface area contributed by atoms with Crippen LogP contribution in [0.15, 0.2) is 53.1 Å². The average Bonchev–Trinajstić information content (AvgIpc) is 3.14. The number of ether oxygens (including phenoxy) is 1. The first-order valence-corrected chi connectivity index (χ1v) is 8.53. The maximum Gasteiger partial charge on any atom is 0.277 e. The van der Waals surface area contributed by atoms with E-state index in [-0.39, 0.29) is 11.6 Å². The second-order valence-corrected chi connectivity index (χ2v) is 6.43. The quantitative estimate of drug-likeness (QED) is 0.713. The molecule has 0 saturated carbocycles. The molecule has 4 rings (SSSR count). The van der Waals surface area contributed by atoms with Crippen LogP contribution >= 0.6 is 11.6 Å². The summed E-state index contributed by atoms with van der Waals surface area (Å²) < 4.78 is 10.7. The van der Waals surface area contributed by atoms with E-state index in [2.05, 4.69) is 15.8 Å². The molecule has 3 aromatic rings. The second-order valence-electron chi connectivity index (χ2n) is 6.00. The molecule has 0 fully saturated rings. The third kappa shape index (κ3) is 3.50. The number of anilines is 2. The van der Waals surface area contributed by atoms with Gasteiger partial charge in [0.2, 0.25) is 0 Å². The number of rotatable bonds is 3. The van der Waals surface area contributed by atoms with E-state index in [9.17, 15) is 9.59 Å². The molecule has 0 aliphatic carbocycles. The van der Waals surface area contributed by atoms with Gasteiger partial charge in [0, 0.05) is 22.3 Å². The van der Waals surface area contributed by atoms with Crippen molar-refractivity contribution in [2.45, 2.75) is 13.0 Å². The Morgan fingerprint density at radius 3 is 2.74 bits per heavy atom. The van der Waals surface area contributed by atoms with Crippen LogP contribution in [0.3, 0.4) is 0 Å². The predicted octanol–water partition coefficient (Wildman–Crippen LogP) is 3.97. The molecular formula is C19H14ClN3O4. The van der Waals surface area contributed by atoms with E-state index in [0.717, 1.165) is 5.56 Å². The SMILES string of the molecule is C[C@H]1Oc2ccc(NC(=O)c3cc(-c4ccc(Cl)cc4)on3)cc2NC1=O. The van der Waals surface area contributed by atoms with E-state index in [1.54, 1.807) is 55.5 Å². The van der Waals surface area contributed by atoms with Gasteiger partial charge >= 0.3 is 0 Å². The summed E-state index contributed by atoms with van der Waals surface area (Å²) in [7, 11) is 0. The summed E-state index contributed by atoms with van der Waals surface area (Å²) in [6.45, 7) is 1.66. The smallest absolute Gasteiger partial charge is 0.277 e. The molecular weight excluding hydrogens is 370 g/mol. The second kappa shape index (κ2) is 6.77. The molecule has 1 aromatic heterocycles. The molecule has 0 spiro atoms. The van der Waals surface area contributed by atoms with Gasteiger partial charge in [0.25, 0.3) is 11.8 Å². The van der Waals surface area contributed by atoms with Crippen LogP contribution in [-0.2, 0) is 4.79 Å². The lowest BCUT2D eigenvalue weighted by atomic mass is 10.1. The first kappa shape index (κ1) is 17.1. The number of fused-ring (bicyclic) bond motifs is 1. The summed E-state index contributed by atoms with van der Waals surface area (Å²) in [6, 6.07) is 13.5. The molecule has 27 heavy (non-hydrogen) atoms. The minimum Gasteiger partial charge on any atom is -0.479 e. The zero-order valence-electron chi connectivity index (χ0n) is 14.2. The van der Waals surface area contributed by atoms with Crippen molar-refractivity contribution in [1.29, 1.82) is 0 Å². The highest BCUT2D eigenvalue weighted by atomic mass is 35.5. The van der Waals surface area contributed by atoms with Crippen LogP contribution in [-0.4, -0.2) is 23.1 Å². The van der Waals surface area contributed by atoms with Gasteiger partial charge in [-0.2, -0.15) is 0 Å². The highest BCUT2D eigenvalue weighted by Gasteiger charge is 2.24. The van der Waals surface area contributed by atoms with Gasteiger partial charge in [-0.15, -0.1) is 0 Å². The van der Waals surface area contributed by atoms with Crippen molar-refractivity contribution in [3.63, 3.8) is 0 Å². The van der Waals surface area contributed by atoms with Crippen molar-refractivity contribution in [2.24, 2.45) is 0 Å². The number of carbonyl (C=O) groups is 2. The van der Waals surface area contributed by atoms with E-state index in [1.165, 1.54) is 0 Å². The van der Waals surface area contributed by atoms with Crippen molar-refractivity contribution >= 4 is 34.8 Å². The zero-order chi connectivity index (χ0) is 19.0. The van der Waals surface area contributed by atoms with Gasteiger partial charge < -0.3 is 19.9 Å². The molecule has 0 bridgehead atoms. The first-order chi connectivity index (χ1) is 13.0. The van der Waals surface area contributed by atoms with Crippen LogP contribution in [0.1, 0.15) is 17.4 Å². The molecule has 7 nitrogen and oxygen atoms in total. The fourth-order valence-corrected chi connectivity index (χ4v) is 2.74. The summed E-state index contributed by atoms with van der Waals surface area (Å²) in [5, 5.41) is 9.86. The largest absolute Gasteiger partial charge is 0.479 e. The van der Waals surface area contributed by atoms with Crippen molar-refractivity contribution in [2.75, 3.05) is 10.6 Å². The van der Waals surface area contributed by atoms with Crippen LogP contribution in [0.25, 0.3) is 11.3 Å². The van der Waals surface area contributed by atoms with E-state index >= 15 is 0 Å². The molecule has 2 aromatic carbocycles. The predicted molar refractivity (Wildman–Crippen MR) is 100 cm³/mol. The number of amides is 2. The van der Waals surface area contributed by atoms with Crippen LogP contribution in [0.5, 0.6) is 5.75 Å². The first-order valence-electron chi connectivity index (χ1n) is 8.15. The zero-order valence-corrected chi connectivity index (χ0v) is 14.9. The fourth-order valence-electron chi connectivity index (χ4n) is 2.61. The van der Waals surface area contributed by atoms with E-state index < -0.39 is 12.0 Å². The molecule has 136 valence electrons. The molecule has 2 heterocycles. The molecule has 2 amide bonds. The number of hydrogen-bond acceptors (Lipinski definition) is 5. The summed E-state index contributed by atoms with van der Waals surface area (Å²) in [4.78, 5) is 24.1. The van der Waals surface area contributed by atoms with Crippen LogP contribution in [0.2, 0.25) is 5.02 Å². The highest BCUT2D eigenvalue weighted by Crippen LogP contribution is 2.32. The number of carbonyl (C=O) groups excluding carboxylic acids is 2. The maximum absolute atomic E-state index is 12.4. The summed E-state index contributed by atoms with van der Waals surface area (Å²) in [6.07, 6.45) is -0.556. The van der Waals surface area contributed by atoms with Gasteiger partial charge in [-0.05, 0) is 49.4 Å². The number of nitrogens with one attached hydrogen (secondary N) is 2. The molecule has 0 radical (unpaired) electrons. The summed E-state index contributed by atoms with van der Waals surface area (Å²) in [5.41, 5.74) is 1.88. The van der Waals surface area contributed by atoms with Gasteiger partial charge in [-0.25, -0.2) is 0 Å². The van der Waals surface area contributed by atoms with E-state index in [4.69, 9.17) is 20.9 Å². The normalized spacial score (nSPS) is 15.5. The average molecular weight is 384 g/mol. The number of hydrogen-bond donors (Lipinski definition) is 2. The number of nitrogens with zero attached hydrogens (tertiary/aromatic N) is 1. The Labute approximate surface area is 159 Å². The summed E-state index contributed by atoms with van der Waals surface area (Å²) >= 11 is 5.87. The van der Waals surface area contributed by atoms with Crippen LogP contribution < -0.4 is 15.4 Å². The van der Waals surface area contributed by atoms with Crippen LogP contribution in [0.4, 0.5) is 11.4 Å². The van der Waals surface area contributed by atoms with Crippen molar-refractivity contribution in [1.82, 2.24) is 5.16 Å². The third-order valence-electron chi connectivity index (χ3n) is 4.04. The fraction of sp³-hybridized carbons (Fsp3) is 0.105. The standard InChI is InChI=1S/C19H14ClN3O4/c1-10-18(24)22-14-8-13(6-7-16(14)26-10)21-19(25)15-9-17(27-23-15)11-2-4-12(20)5-3-11/h2-10H,1H3,(H,21,25)(H,22,24)/t10-/m1/s1. The number of benzene rings is 2. The van der Waals surface area contributed by atoms with Gasteiger partial charge in [0.15, 0.2) is 17.6 Å². The van der Waals surface area contributed by atoms with E-state index in [0.29, 0.717) is 27.9 Å². The maximum atomic E-state index is 12.4. The Hall–Kier alpha value is -3.32. The Kier molecular flexibility index (Phi) is 4.29. The minimum atomic E-state index is -0.556.